The van der Waals surface area contributed by atoms with Crippen molar-refractivity contribution in [2.45, 2.75) is 63.2 Å². The standard InChI is InChI=1S/C34H35N/c1-2-8-26(9-3-1)29-14-20-32(21-15-29)35(33-22-16-30(17-23-33)27-10-4-5-11-27)34-24-18-31(19-25-34)28-12-6-7-13-28/h1-3,8-9,14-25,27-28H,4-7,10-13H2. The van der Waals surface area contributed by atoms with Crippen LogP contribution in [0.4, 0.5) is 17.1 Å². The zero-order valence-corrected chi connectivity index (χ0v) is 20.6. The van der Waals surface area contributed by atoms with Gasteiger partial charge in [0.25, 0.3) is 0 Å². The van der Waals surface area contributed by atoms with E-state index in [0.29, 0.717) is 0 Å². The summed E-state index contributed by atoms with van der Waals surface area (Å²) in [5, 5.41) is 0. The van der Waals surface area contributed by atoms with Crippen molar-refractivity contribution < 1.29 is 0 Å². The number of anilines is 3. The number of hydrogen-bond acceptors (Lipinski definition) is 1. The molecule has 0 aromatic heterocycles. The Morgan fingerprint density at radius 3 is 1.20 bits per heavy atom. The molecule has 2 aliphatic rings. The minimum atomic E-state index is 0.744. The summed E-state index contributed by atoms with van der Waals surface area (Å²) >= 11 is 0. The molecule has 0 bridgehead atoms. The molecule has 1 heteroatoms. The highest BCUT2D eigenvalue weighted by Gasteiger charge is 2.20. The fourth-order valence-electron chi connectivity index (χ4n) is 6.19. The molecule has 2 aliphatic carbocycles. The van der Waals surface area contributed by atoms with Gasteiger partial charge in [-0.15, -0.1) is 0 Å². The normalized spacial score (nSPS) is 16.6. The van der Waals surface area contributed by atoms with Gasteiger partial charge in [0.05, 0.1) is 0 Å². The van der Waals surface area contributed by atoms with E-state index in [9.17, 15) is 0 Å². The second-order valence-corrected chi connectivity index (χ2v) is 10.4. The van der Waals surface area contributed by atoms with Crippen LogP contribution in [0.3, 0.4) is 0 Å². The Morgan fingerprint density at radius 2 is 0.771 bits per heavy atom. The Labute approximate surface area is 210 Å². The summed E-state index contributed by atoms with van der Waals surface area (Å²) < 4.78 is 0. The fourth-order valence-corrected chi connectivity index (χ4v) is 6.19. The summed E-state index contributed by atoms with van der Waals surface area (Å²) in [6.45, 7) is 0. The molecular weight excluding hydrogens is 422 g/mol. The van der Waals surface area contributed by atoms with Crippen LogP contribution in [0.15, 0.2) is 103 Å². The van der Waals surface area contributed by atoms with Crippen LogP contribution < -0.4 is 4.90 Å². The molecule has 0 atom stereocenters. The lowest BCUT2D eigenvalue weighted by Crippen LogP contribution is -2.10. The van der Waals surface area contributed by atoms with Gasteiger partial charge in [-0.1, -0.05) is 92.4 Å². The van der Waals surface area contributed by atoms with Crippen LogP contribution in [0.25, 0.3) is 11.1 Å². The number of nitrogens with zero attached hydrogens (tertiary/aromatic N) is 1. The van der Waals surface area contributed by atoms with Gasteiger partial charge in [0.1, 0.15) is 0 Å². The van der Waals surface area contributed by atoms with Crippen molar-refractivity contribution in [1.29, 1.82) is 0 Å². The molecule has 4 aromatic rings. The van der Waals surface area contributed by atoms with Gasteiger partial charge in [-0.2, -0.15) is 0 Å². The molecule has 4 aromatic carbocycles. The zero-order chi connectivity index (χ0) is 23.5. The third kappa shape index (κ3) is 4.78. The third-order valence-corrected chi connectivity index (χ3v) is 8.19. The van der Waals surface area contributed by atoms with Crippen LogP contribution in [0.2, 0.25) is 0 Å². The predicted molar refractivity (Wildman–Crippen MR) is 149 cm³/mol. The van der Waals surface area contributed by atoms with Crippen LogP contribution >= 0.6 is 0 Å². The first-order chi connectivity index (χ1) is 17.3. The monoisotopic (exact) mass is 457 g/mol. The summed E-state index contributed by atoms with van der Waals surface area (Å²) in [6, 6.07) is 38.4. The molecular formula is C34H35N. The molecule has 0 heterocycles. The third-order valence-electron chi connectivity index (χ3n) is 8.19. The van der Waals surface area contributed by atoms with Crippen LogP contribution in [0.1, 0.15) is 74.3 Å². The van der Waals surface area contributed by atoms with Crippen molar-refractivity contribution in [2.75, 3.05) is 4.90 Å². The topological polar surface area (TPSA) is 3.24 Å². The van der Waals surface area contributed by atoms with E-state index in [2.05, 4.69) is 108 Å². The first-order valence-electron chi connectivity index (χ1n) is 13.5. The highest BCUT2D eigenvalue weighted by Crippen LogP contribution is 2.40. The maximum Gasteiger partial charge on any atom is 0.0462 e. The predicted octanol–water partition coefficient (Wildman–Crippen LogP) is 10.1. The van der Waals surface area contributed by atoms with Gasteiger partial charge in [-0.25, -0.2) is 0 Å². The van der Waals surface area contributed by atoms with Gasteiger partial charge < -0.3 is 4.90 Å². The van der Waals surface area contributed by atoms with Crippen molar-refractivity contribution in [1.82, 2.24) is 0 Å². The summed E-state index contributed by atoms with van der Waals surface area (Å²) in [4.78, 5) is 2.41. The smallest absolute Gasteiger partial charge is 0.0462 e. The van der Waals surface area contributed by atoms with Gasteiger partial charge in [0.2, 0.25) is 0 Å². The molecule has 2 saturated carbocycles. The molecule has 0 unspecified atom stereocenters. The van der Waals surface area contributed by atoms with Crippen LogP contribution in [-0.4, -0.2) is 0 Å². The van der Waals surface area contributed by atoms with Gasteiger partial charge in [-0.05, 0) is 96.2 Å². The first kappa shape index (κ1) is 22.2. The number of rotatable bonds is 6. The summed E-state index contributed by atoms with van der Waals surface area (Å²) in [5.41, 5.74) is 9.17. The van der Waals surface area contributed by atoms with Crippen molar-refractivity contribution in [2.24, 2.45) is 0 Å². The van der Waals surface area contributed by atoms with Gasteiger partial charge in [0, 0.05) is 17.1 Å². The van der Waals surface area contributed by atoms with E-state index in [1.807, 2.05) is 0 Å². The zero-order valence-electron chi connectivity index (χ0n) is 20.6. The Hall–Kier alpha value is -3.32. The van der Waals surface area contributed by atoms with E-state index in [0.717, 1.165) is 11.8 Å². The minimum absolute atomic E-state index is 0.744. The van der Waals surface area contributed by atoms with Crippen LogP contribution in [-0.2, 0) is 0 Å². The lowest BCUT2D eigenvalue weighted by atomic mass is 9.96. The van der Waals surface area contributed by atoms with Crippen molar-refractivity contribution in [3.8, 4) is 11.1 Å². The van der Waals surface area contributed by atoms with E-state index < -0.39 is 0 Å². The van der Waals surface area contributed by atoms with Crippen molar-refractivity contribution in [3.05, 3.63) is 114 Å². The first-order valence-corrected chi connectivity index (χ1v) is 13.5. The van der Waals surface area contributed by atoms with Crippen LogP contribution in [0.5, 0.6) is 0 Å². The highest BCUT2D eigenvalue weighted by molar-refractivity contribution is 5.78. The number of hydrogen-bond donors (Lipinski definition) is 0. The molecule has 0 aliphatic heterocycles. The molecule has 35 heavy (non-hydrogen) atoms. The van der Waals surface area contributed by atoms with E-state index in [4.69, 9.17) is 0 Å². The Bertz CT molecular complexity index is 1150. The van der Waals surface area contributed by atoms with E-state index in [-0.39, 0.29) is 0 Å². The lowest BCUT2D eigenvalue weighted by Gasteiger charge is -2.27. The molecule has 0 amide bonds. The maximum absolute atomic E-state index is 2.41. The second-order valence-electron chi connectivity index (χ2n) is 10.4. The second kappa shape index (κ2) is 10.1. The molecule has 0 radical (unpaired) electrons. The number of benzene rings is 4. The van der Waals surface area contributed by atoms with E-state index in [1.165, 1.54) is 90.7 Å². The van der Waals surface area contributed by atoms with Gasteiger partial charge >= 0.3 is 0 Å². The molecule has 0 spiro atoms. The molecule has 0 saturated heterocycles. The van der Waals surface area contributed by atoms with Crippen molar-refractivity contribution in [3.63, 3.8) is 0 Å². The van der Waals surface area contributed by atoms with Crippen LogP contribution in [0, 0.1) is 0 Å². The quantitative estimate of drug-likeness (QED) is 0.278. The SMILES string of the molecule is c1ccc(-c2ccc(N(c3ccc(C4CCCC4)cc3)c3ccc(C4CCCC4)cc3)cc2)cc1. The summed E-state index contributed by atoms with van der Waals surface area (Å²) in [6.07, 6.45) is 10.9. The van der Waals surface area contributed by atoms with Crippen molar-refractivity contribution >= 4 is 17.1 Å². The average molecular weight is 458 g/mol. The van der Waals surface area contributed by atoms with E-state index >= 15 is 0 Å². The van der Waals surface area contributed by atoms with Gasteiger partial charge in [-0.3, -0.25) is 0 Å². The highest BCUT2D eigenvalue weighted by atomic mass is 15.1. The molecule has 2 fully saturated rings. The molecule has 6 rings (SSSR count). The Kier molecular flexibility index (Phi) is 6.41. The maximum atomic E-state index is 2.41. The van der Waals surface area contributed by atoms with Gasteiger partial charge in [0.15, 0.2) is 0 Å². The summed E-state index contributed by atoms with van der Waals surface area (Å²) in [7, 11) is 0. The fraction of sp³-hybridized carbons (Fsp3) is 0.294. The Balaban J connectivity index is 1.34. The minimum Gasteiger partial charge on any atom is -0.311 e. The molecule has 1 nitrogen and oxygen atoms in total. The lowest BCUT2D eigenvalue weighted by molar-refractivity contribution is 0.723. The molecule has 0 N–H and O–H groups in total. The summed E-state index contributed by atoms with van der Waals surface area (Å²) in [5.74, 6) is 1.49. The van der Waals surface area contributed by atoms with E-state index in [1.54, 1.807) is 0 Å². The Morgan fingerprint density at radius 1 is 0.400 bits per heavy atom. The molecule has 176 valence electrons. The average Bonchev–Trinajstić information content (AvgIpc) is 3.66. The largest absolute Gasteiger partial charge is 0.311 e.